The van der Waals surface area contributed by atoms with Gasteiger partial charge >= 0.3 is 0 Å². The number of halogens is 1. The number of hydrogen-bond donors (Lipinski definition) is 2. The number of nitrogens with zero attached hydrogens (tertiary/aromatic N) is 1. The molecule has 0 bridgehead atoms. The van der Waals surface area contributed by atoms with Gasteiger partial charge in [-0.05, 0) is 48.7 Å². The number of nitrogens with one attached hydrogen (secondary N) is 1. The van der Waals surface area contributed by atoms with Gasteiger partial charge in [-0.3, -0.25) is 9.59 Å². The van der Waals surface area contributed by atoms with Crippen LogP contribution in [0, 0.1) is 11.7 Å². The van der Waals surface area contributed by atoms with Crippen molar-refractivity contribution in [3.05, 3.63) is 59.9 Å². The molecule has 0 radical (unpaired) electrons. The Hall–Kier alpha value is -3.35. The van der Waals surface area contributed by atoms with Crippen LogP contribution in [0.4, 0.5) is 15.8 Å². The van der Waals surface area contributed by atoms with E-state index in [1.807, 2.05) is 24.3 Å². The van der Waals surface area contributed by atoms with Gasteiger partial charge in [0.25, 0.3) is 0 Å². The highest BCUT2D eigenvalue weighted by molar-refractivity contribution is 6.03. The molecule has 1 heterocycles. The maximum Gasteiger partial charge on any atom is 0.248 e. The van der Waals surface area contributed by atoms with Gasteiger partial charge in [0.1, 0.15) is 0 Å². The monoisotopic (exact) mass is 397 g/mol. The number of carbonyl (C=O) groups excluding carboxylic acids is 2. The van der Waals surface area contributed by atoms with Crippen molar-refractivity contribution in [1.29, 1.82) is 0 Å². The average Bonchev–Trinajstić information content (AvgIpc) is 2.73. The van der Waals surface area contributed by atoms with Crippen molar-refractivity contribution in [1.82, 2.24) is 0 Å². The number of benzene rings is 2. The van der Waals surface area contributed by atoms with Crippen LogP contribution in [-0.2, 0) is 9.59 Å². The molecule has 0 spiro atoms. The van der Waals surface area contributed by atoms with Crippen LogP contribution < -0.4 is 20.7 Å². The summed E-state index contributed by atoms with van der Waals surface area (Å²) in [5, 5.41) is 2.87. The molecule has 1 fully saturated rings. The lowest BCUT2D eigenvalue weighted by Gasteiger charge is -2.33. The number of rotatable bonds is 6. The Morgan fingerprint density at radius 3 is 2.59 bits per heavy atom. The highest BCUT2D eigenvalue weighted by Gasteiger charge is 2.24. The van der Waals surface area contributed by atoms with Crippen LogP contribution in [0.5, 0.6) is 5.75 Å². The first-order valence-electron chi connectivity index (χ1n) is 9.44. The van der Waals surface area contributed by atoms with Gasteiger partial charge in [0, 0.05) is 25.1 Å². The van der Waals surface area contributed by atoms with Crippen molar-refractivity contribution in [3.63, 3.8) is 0 Å². The Labute approximate surface area is 169 Å². The van der Waals surface area contributed by atoms with E-state index in [0.717, 1.165) is 5.69 Å². The van der Waals surface area contributed by atoms with E-state index in [0.29, 0.717) is 37.2 Å². The molecular weight excluding hydrogens is 373 g/mol. The number of nitrogens with two attached hydrogens (primary N) is 1. The standard InChI is InChI=1S/C22H24FN3O3/c1-29-20-8-6-15(14-17(20)23)7-9-21(27)25-18-4-2-3-5-19(18)26-12-10-16(11-13-26)22(24)28/h2-9,14,16H,10-13H2,1H3,(H2,24,28)(H,25,27)/b9-7+. The largest absolute Gasteiger partial charge is 0.494 e. The van der Waals surface area contributed by atoms with Crippen LogP contribution in [0.25, 0.3) is 6.08 Å². The van der Waals surface area contributed by atoms with Crippen LogP contribution in [0.1, 0.15) is 18.4 Å². The van der Waals surface area contributed by atoms with Gasteiger partial charge in [-0.15, -0.1) is 0 Å². The van der Waals surface area contributed by atoms with Crippen LogP contribution in [0.15, 0.2) is 48.5 Å². The van der Waals surface area contributed by atoms with Crippen molar-refractivity contribution in [2.24, 2.45) is 11.7 Å². The fourth-order valence-electron chi connectivity index (χ4n) is 3.39. The summed E-state index contributed by atoms with van der Waals surface area (Å²) in [7, 11) is 1.40. The molecule has 0 atom stereocenters. The van der Waals surface area contributed by atoms with Gasteiger partial charge in [-0.25, -0.2) is 4.39 Å². The van der Waals surface area contributed by atoms with Gasteiger partial charge < -0.3 is 20.7 Å². The topological polar surface area (TPSA) is 84.7 Å². The van der Waals surface area contributed by atoms with E-state index in [1.54, 1.807) is 12.1 Å². The molecule has 3 rings (SSSR count). The van der Waals surface area contributed by atoms with Gasteiger partial charge in [-0.1, -0.05) is 18.2 Å². The maximum atomic E-state index is 13.8. The lowest BCUT2D eigenvalue weighted by atomic mass is 9.96. The minimum Gasteiger partial charge on any atom is -0.494 e. The van der Waals surface area contributed by atoms with E-state index in [2.05, 4.69) is 10.2 Å². The number of primary amides is 1. The van der Waals surface area contributed by atoms with Gasteiger partial charge in [-0.2, -0.15) is 0 Å². The molecule has 1 aliphatic rings. The Kier molecular flexibility index (Phi) is 6.49. The Bertz CT molecular complexity index is 921. The predicted molar refractivity (Wildman–Crippen MR) is 111 cm³/mol. The summed E-state index contributed by atoms with van der Waals surface area (Å²) in [6, 6.07) is 12.0. The summed E-state index contributed by atoms with van der Waals surface area (Å²) in [6.07, 6.45) is 4.29. The number of ether oxygens (including phenoxy) is 1. The van der Waals surface area contributed by atoms with Crippen LogP contribution in [0.2, 0.25) is 0 Å². The number of anilines is 2. The normalized spacial score (nSPS) is 14.8. The van der Waals surface area contributed by atoms with E-state index < -0.39 is 5.82 Å². The molecule has 1 aliphatic heterocycles. The lowest BCUT2D eigenvalue weighted by molar-refractivity contribution is -0.122. The van der Waals surface area contributed by atoms with E-state index in [4.69, 9.17) is 10.5 Å². The zero-order valence-electron chi connectivity index (χ0n) is 16.2. The molecule has 7 heteroatoms. The zero-order valence-corrected chi connectivity index (χ0v) is 16.2. The molecule has 0 saturated carbocycles. The summed E-state index contributed by atoms with van der Waals surface area (Å²) in [5.41, 5.74) is 7.53. The number of para-hydroxylation sites is 2. The first-order chi connectivity index (χ1) is 14.0. The molecule has 0 aliphatic carbocycles. The maximum absolute atomic E-state index is 13.8. The highest BCUT2D eigenvalue weighted by atomic mass is 19.1. The minimum atomic E-state index is -0.486. The quantitative estimate of drug-likeness (QED) is 0.733. The molecule has 3 N–H and O–H groups in total. The molecule has 0 aromatic heterocycles. The second-order valence-electron chi connectivity index (χ2n) is 6.90. The van der Waals surface area contributed by atoms with Crippen molar-refractivity contribution >= 4 is 29.3 Å². The van der Waals surface area contributed by atoms with Crippen molar-refractivity contribution < 1.29 is 18.7 Å². The third kappa shape index (κ3) is 5.13. The number of carbonyl (C=O) groups is 2. The first kappa shape index (κ1) is 20.4. The van der Waals surface area contributed by atoms with Crippen molar-refractivity contribution in [3.8, 4) is 5.75 Å². The second kappa shape index (κ2) is 9.23. The summed E-state index contributed by atoms with van der Waals surface area (Å²) >= 11 is 0. The lowest BCUT2D eigenvalue weighted by Crippen LogP contribution is -2.38. The number of methoxy groups -OCH3 is 1. The zero-order chi connectivity index (χ0) is 20.8. The van der Waals surface area contributed by atoms with Crippen LogP contribution in [0.3, 0.4) is 0 Å². The Balaban J connectivity index is 1.67. The van der Waals surface area contributed by atoms with Crippen molar-refractivity contribution in [2.45, 2.75) is 12.8 Å². The molecule has 2 aromatic carbocycles. The van der Waals surface area contributed by atoms with Gasteiger partial charge in [0.2, 0.25) is 11.8 Å². The molecule has 6 nitrogen and oxygen atoms in total. The Morgan fingerprint density at radius 1 is 1.21 bits per heavy atom. The smallest absolute Gasteiger partial charge is 0.248 e. The average molecular weight is 397 g/mol. The molecule has 0 unspecified atom stereocenters. The summed E-state index contributed by atoms with van der Waals surface area (Å²) in [4.78, 5) is 25.9. The van der Waals surface area contributed by atoms with E-state index in [-0.39, 0.29) is 23.5 Å². The molecule has 152 valence electrons. The second-order valence-corrected chi connectivity index (χ2v) is 6.90. The van der Waals surface area contributed by atoms with Crippen molar-refractivity contribution in [2.75, 3.05) is 30.4 Å². The third-order valence-electron chi connectivity index (χ3n) is 5.00. The number of amides is 2. The molecular formula is C22H24FN3O3. The van der Waals surface area contributed by atoms with Gasteiger partial charge in [0.15, 0.2) is 11.6 Å². The van der Waals surface area contributed by atoms with Crippen LogP contribution in [-0.4, -0.2) is 32.0 Å². The molecule has 2 amide bonds. The minimum absolute atomic E-state index is 0.0965. The molecule has 2 aromatic rings. The van der Waals surface area contributed by atoms with E-state index in [9.17, 15) is 14.0 Å². The molecule has 29 heavy (non-hydrogen) atoms. The van der Waals surface area contributed by atoms with Crippen LogP contribution >= 0.6 is 0 Å². The number of hydrogen-bond acceptors (Lipinski definition) is 4. The third-order valence-corrected chi connectivity index (χ3v) is 5.00. The van der Waals surface area contributed by atoms with E-state index in [1.165, 1.54) is 25.3 Å². The fraction of sp³-hybridized carbons (Fsp3) is 0.273. The summed E-state index contributed by atoms with van der Waals surface area (Å²) in [6.45, 7) is 1.39. The summed E-state index contributed by atoms with van der Waals surface area (Å²) in [5.74, 6) is -1.01. The number of piperidine rings is 1. The van der Waals surface area contributed by atoms with Gasteiger partial charge in [0.05, 0.1) is 18.5 Å². The fourth-order valence-corrected chi connectivity index (χ4v) is 3.39. The summed E-state index contributed by atoms with van der Waals surface area (Å²) < 4.78 is 18.7. The first-order valence-corrected chi connectivity index (χ1v) is 9.44. The molecule has 1 saturated heterocycles. The van der Waals surface area contributed by atoms with E-state index >= 15 is 0 Å². The Morgan fingerprint density at radius 2 is 1.93 bits per heavy atom. The predicted octanol–water partition coefficient (Wildman–Crippen LogP) is 3.19. The highest BCUT2D eigenvalue weighted by Crippen LogP contribution is 2.29. The SMILES string of the molecule is COc1ccc(/C=C/C(=O)Nc2ccccc2N2CCC(C(N)=O)CC2)cc1F.